The summed E-state index contributed by atoms with van der Waals surface area (Å²) in [5.74, 6) is -0.789. The molecule has 0 unspecified atom stereocenters. The normalized spacial score (nSPS) is 10.7. The number of carbonyl (C=O) groups excluding carboxylic acids is 1. The lowest BCUT2D eigenvalue weighted by Gasteiger charge is -2.09. The van der Waals surface area contributed by atoms with E-state index >= 15 is 0 Å². The molecule has 0 aromatic heterocycles. The molecule has 0 heterocycles. The Balaban J connectivity index is 2.32. The molecule has 2 aromatic carbocycles. The fraction of sp³-hybridized carbons (Fsp3) is 0.0526. The quantitative estimate of drug-likeness (QED) is 0.434. The number of rotatable bonds is 6. The van der Waals surface area contributed by atoms with Crippen molar-refractivity contribution in [1.29, 1.82) is 5.26 Å². The molecule has 0 aliphatic carbocycles. The zero-order valence-corrected chi connectivity index (χ0v) is 14.7. The number of nitrogens with zero attached hydrogens (tertiary/aromatic N) is 1. The molecule has 0 aliphatic heterocycles. The minimum Gasteiger partial charge on any atom is -0.489 e. The van der Waals surface area contributed by atoms with Gasteiger partial charge in [0.15, 0.2) is 0 Å². The average molecular weight is 401 g/mol. The highest BCUT2D eigenvalue weighted by atomic mass is 79.9. The number of nitrogens with one attached hydrogen (secondary N) is 1. The average Bonchev–Trinajstić information content (AvgIpc) is 2.60. The Morgan fingerprint density at radius 3 is 2.80 bits per heavy atom. The van der Waals surface area contributed by atoms with Gasteiger partial charge in [-0.3, -0.25) is 4.79 Å². The van der Waals surface area contributed by atoms with Crippen LogP contribution < -0.4 is 10.1 Å². The Kier molecular flexibility index (Phi) is 6.49. The summed E-state index contributed by atoms with van der Waals surface area (Å²) in [4.78, 5) is 12.3. The van der Waals surface area contributed by atoms with Crippen LogP contribution in [-0.4, -0.2) is 12.5 Å². The predicted octanol–water partition coefficient (Wildman–Crippen LogP) is 4.70. The van der Waals surface area contributed by atoms with Gasteiger partial charge in [-0.05, 0) is 36.4 Å². The van der Waals surface area contributed by atoms with Gasteiger partial charge < -0.3 is 10.1 Å². The molecule has 0 bridgehead atoms. The Labute approximate surface area is 153 Å². The lowest BCUT2D eigenvalue weighted by atomic mass is 10.1. The van der Waals surface area contributed by atoms with E-state index in [9.17, 15) is 14.4 Å². The van der Waals surface area contributed by atoms with Crippen LogP contribution in [0.5, 0.6) is 5.75 Å². The number of hydrogen-bond acceptors (Lipinski definition) is 3. The standard InChI is InChI=1S/C19H14BrFN2O2/c1-2-9-25-18-8-7-15(20)11-13(18)10-14(12-22)19(24)23-17-6-4-3-5-16(17)21/h2-8,10-11H,1,9H2,(H,23,24). The second-order valence-electron chi connectivity index (χ2n) is 4.89. The van der Waals surface area contributed by atoms with E-state index < -0.39 is 11.7 Å². The van der Waals surface area contributed by atoms with Gasteiger partial charge in [0.2, 0.25) is 0 Å². The molecule has 0 atom stereocenters. The second kappa shape index (κ2) is 8.81. The molecular formula is C19H14BrFN2O2. The van der Waals surface area contributed by atoms with Crippen LogP contribution in [0.4, 0.5) is 10.1 Å². The fourth-order valence-corrected chi connectivity index (χ4v) is 2.35. The van der Waals surface area contributed by atoms with Crippen molar-refractivity contribution in [2.75, 3.05) is 11.9 Å². The molecule has 1 amide bonds. The molecule has 0 aliphatic rings. The highest BCUT2D eigenvalue weighted by Gasteiger charge is 2.13. The first-order chi connectivity index (χ1) is 12.0. The van der Waals surface area contributed by atoms with Crippen LogP contribution in [0.25, 0.3) is 6.08 Å². The fourth-order valence-electron chi connectivity index (χ4n) is 1.97. The topological polar surface area (TPSA) is 62.1 Å². The van der Waals surface area contributed by atoms with Crippen LogP contribution in [0.3, 0.4) is 0 Å². The molecular weight excluding hydrogens is 387 g/mol. The van der Waals surface area contributed by atoms with Crippen molar-refractivity contribution in [1.82, 2.24) is 0 Å². The molecule has 25 heavy (non-hydrogen) atoms. The van der Waals surface area contributed by atoms with E-state index in [0.29, 0.717) is 11.3 Å². The molecule has 6 heteroatoms. The Hall–Kier alpha value is -2.91. The third-order valence-electron chi connectivity index (χ3n) is 3.12. The number of hydrogen-bond donors (Lipinski definition) is 1. The van der Waals surface area contributed by atoms with E-state index in [4.69, 9.17) is 4.74 Å². The first-order valence-electron chi connectivity index (χ1n) is 7.26. The first kappa shape index (κ1) is 18.4. The van der Waals surface area contributed by atoms with Gasteiger partial charge in [0.1, 0.15) is 29.8 Å². The van der Waals surface area contributed by atoms with Gasteiger partial charge in [-0.1, -0.05) is 40.7 Å². The third kappa shape index (κ3) is 5.03. The van der Waals surface area contributed by atoms with E-state index in [1.165, 1.54) is 24.3 Å². The summed E-state index contributed by atoms with van der Waals surface area (Å²) in [5.41, 5.74) is 0.368. The Morgan fingerprint density at radius 1 is 1.36 bits per heavy atom. The largest absolute Gasteiger partial charge is 0.489 e. The smallest absolute Gasteiger partial charge is 0.266 e. The number of anilines is 1. The zero-order chi connectivity index (χ0) is 18.2. The molecule has 1 N–H and O–H groups in total. The van der Waals surface area contributed by atoms with E-state index in [1.807, 2.05) is 6.07 Å². The van der Waals surface area contributed by atoms with Crippen LogP contribution in [0.2, 0.25) is 0 Å². The van der Waals surface area contributed by atoms with Crippen molar-refractivity contribution >= 4 is 33.6 Å². The number of carbonyl (C=O) groups is 1. The van der Waals surface area contributed by atoms with Crippen molar-refractivity contribution in [3.05, 3.63) is 76.5 Å². The number of ether oxygens (including phenoxy) is 1. The maximum Gasteiger partial charge on any atom is 0.266 e. The molecule has 0 saturated carbocycles. The SMILES string of the molecule is C=CCOc1ccc(Br)cc1C=C(C#N)C(=O)Nc1ccccc1F. The molecule has 0 saturated heterocycles. The van der Waals surface area contributed by atoms with Gasteiger partial charge >= 0.3 is 0 Å². The zero-order valence-electron chi connectivity index (χ0n) is 13.1. The van der Waals surface area contributed by atoms with E-state index in [-0.39, 0.29) is 17.9 Å². The summed E-state index contributed by atoms with van der Waals surface area (Å²) in [5, 5.41) is 11.7. The highest BCUT2D eigenvalue weighted by Crippen LogP contribution is 2.26. The van der Waals surface area contributed by atoms with Gasteiger partial charge in [-0.25, -0.2) is 4.39 Å². The number of amides is 1. The van der Waals surface area contributed by atoms with Crippen LogP contribution in [-0.2, 0) is 4.79 Å². The van der Waals surface area contributed by atoms with Crippen molar-refractivity contribution in [3.8, 4) is 11.8 Å². The molecule has 2 rings (SSSR count). The summed E-state index contributed by atoms with van der Waals surface area (Å²) < 4.78 is 19.9. The monoisotopic (exact) mass is 400 g/mol. The maximum absolute atomic E-state index is 13.6. The van der Waals surface area contributed by atoms with Crippen molar-refractivity contribution in [2.45, 2.75) is 0 Å². The highest BCUT2D eigenvalue weighted by molar-refractivity contribution is 9.10. The Morgan fingerprint density at radius 2 is 2.12 bits per heavy atom. The van der Waals surface area contributed by atoms with Crippen LogP contribution in [0.1, 0.15) is 5.56 Å². The number of nitriles is 1. The summed E-state index contributed by atoms with van der Waals surface area (Å²) in [6.07, 6.45) is 2.98. The molecule has 4 nitrogen and oxygen atoms in total. The lowest BCUT2D eigenvalue weighted by molar-refractivity contribution is -0.112. The summed E-state index contributed by atoms with van der Waals surface area (Å²) in [6.45, 7) is 3.87. The minimum atomic E-state index is -0.706. The van der Waals surface area contributed by atoms with E-state index in [0.717, 1.165) is 4.47 Å². The molecule has 0 fully saturated rings. The molecule has 126 valence electrons. The van der Waals surface area contributed by atoms with Gasteiger partial charge in [-0.15, -0.1) is 0 Å². The summed E-state index contributed by atoms with van der Waals surface area (Å²) in [7, 11) is 0. The molecule has 0 radical (unpaired) electrons. The van der Waals surface area contributed by atoms with Gasteiger partial charge in [0.25, 0.3) is 5.91 Å². The molecule has 0 spiro atoms. The number of benzene rings is 2. The Bertz CT molecular complexity index is 872. The minimum absolute atomic E-state index is 0.00558. The lowest BCUT2D eigenvalue weighted by Crippen LogP contribution is -2.14. The maximum atomic E-state index is 13.6. The molecule has 2 aromatic rings. The van der Waals surface area contributed by atoms with Crippen molar-refractivity contribution in [2.24, 2.45) is 0 Å². The summed E-state index contributed by atoms with van der Waals surface area (Å²) >= 11 is 3.34. The van der Waals surface area contributed by atoms with Gasteiger partial charge in [0, 0.05) is 10.0 Å². The van der Waals surface area contributed by atoms with Crippen LogP contribution in [0, 0.1) is 17.1 Å². The number of halogens is 2. The first-order valence-corrected chi connectivity index (χ1v) is 8.05. The predicted molar refractivity (Wildman–Crippen MR) is 98.5 cm³/mol. The second-order valence-corrected chi connectivity index (χ2v) is 5.80. The van der Waals surface area contributed by atoms with Gasteiger partial charge in [-0.2, -0.15) is 5.26 Å². The van der Waals surface area contributed by atoms with Crippen LogP contribution >= 0.6 is 15.9 Å². The van der Waals surface area contributed by atoms with Crippen molar-refractivity contribution < 1.29 is 13.9 Å². The summed E-state index contributed by atoms with van der Waals surface area (Å²) in [6, 6.07) is 12.8. The van der Waals surface area contributed by atoms with Crippen LogP contribution in [0.15, 0.2) is 65.2 Å². The third-order valence-corrected chi connectivity index (χ3v) is 3.61. The number of para-hydroxylation sites is 1. The van der Waals surface area contributed by atoms with E-state index in [1.54, 1.807) is 30.3 Å². The van der Waals surface area contributed by atoms with Crippen molar-refractivity contribution in [3.63, 3.8) is 0 Å². The van der Waals surface area contributed by atoms with Gasteiger partial charge in [0.05, 0.1) is 5.69 Å². The van der Waals surface area contributed by atoms with E-state index in [2.05, 4.69) is 27.8 Å².